The zero-order valence-corrected chi connectivity index (χ0v) is 10.9. The minimum absolute atomic E-state index is 0.0985. The Morgan fingerprint density at radius 2 is 2.00 bits per heavy atom. The van der Waals surface area contributed by atoms with Crippen LogP contribution in [0.1, 0.15) is 23.8 Å². The summed E-state index contributed by atoms with van der Waals surface area (Å²) in [6.07, 6.45) is 3.32. The molecule has 0 atom stereocenters. The Kier molecular flexibility index (Phi) is 5.88. The van der Waals surface area contributed by atoms with Crippen molar-refractivity contribution in [1.82, 2.24) is 20.6 Å². The zero-order valence-electron chi connectivity index (χ0n) is 10.9. The molecule has 0 unspecified atom stereocenters. The van der Waals surface area contributed by atoms with Gasteiger partial charge >= 0.3 is 12.0 Å². The van der Waals surface area contributed by atoms with E-state index in [2.05, 4.69) is 20.0 Å². The minimum atomic E-state index is -0.889. The molecule has 1 aromatic heterocycles. The number of amides is 3. The lowest BCUT2D eigenvalue weighted by Gasteiger charge is -2.06. The van der Waals surface area contributed by atoms with Gasteiger partial charge in [0.2, 0.25) is 0 Å². The number of carbonyl (C=O) groups is 3. The fourth-order valence-electron chi connectivity index (χ4n) is 1.15. The van der Waals surface area contributed by atoms with Gasteiger partial charge in [-0.15, -0.1) is 0 Å². The molecular formula is C11H15N5O4. The summed E-state index contributed by atoms with van der Waals surface area (Å²) in [6, 6.07) is -0.646. The summed E-state index contributed by atoms with van der Waals surface area (Å²) < 4.78 is 4.66. The maximum absolute atomic E-state index is 11.5. The van der Waals surface area contributed by atoms with Crippen LogP contribution in [0.25, 0.3) is 0 Å². The number of esters is 1. The second kappa shape index (κ2) is 7.67. The summed E-state index contributed by atoms with van der Waals surface area (Å²) in [4.78, 5) is 41.4. The van der Waals surface area contributed by atoms with Crippen LogP contribution < -0.4 is 16.4 Å². The zero-order chi connectivity index (χ0) is 15.0. The molecule has 0 aromatic carbocycles. The normalized spacial score (nSPS) is 9.65. The summed E-state index contributed by atoms with van der Waals surface area (Å²) >= 11 is 0. The highest BCUT2D eigenvalue weighted by Gasteiger charge is 2.16. The van der Waals surface area contributed by atoms with Gasteiger partial charge < -0.3 is 15.8 Å². The number of nitrogens with one attached hydrogen (secondary N) is 2. The molecule has 0 saturated heterocycles. The lowest BCUT2D eigenvalue weighted by Crippen LogP contribution is -2.41. The number of hydrogen-bond donors (Lipinski definition) is 3. The molecule has 0 bridgehead atoms. The molecule has 9 heteroatoms. The quantitative estimate of drug-likeness (QED) is 0.616. The molecule has 0 radical (unpaired) electrons. The highest BCUT2D eigenvalue weighted by molar-refractivity contribution is 5.97. The Morgan fingerprint density at radius 3 is 2.65 bits per heavy atom. The van der Waals surface area contributed by atoms with Gasteiger partial charge in [-0.1, -0.05) is 6.92 Å². The van der Waals surface area contributed by atoms with Gasteiger partial charge in [0.1, 0.15) is 0 Å². The monoisotopic (exact) mass is 281 g/mol. The number of hydrogen-bond acceptors (Lipinski definition) is 7. The third-order valence-corrected chi connectivity index (χ3v) is 2.04. The number of nitrogens with zero attached hydrogens (tertiary/aromatic N) is 2. The molecule has 0 spiro atoms. The molecule has 108 valence electrons. The van der Waals surface area contributed by atoms with Crippen LogP contribution in [-0.4, -0.2) is 41.0 Å². The number of nitrogens with two attached hydrogens (primary N) is 1. The van der Waals surface area contributed by atoms with Gasteiger partial charge in [-0.3, -0.25) is 10.1 Å². The Bertz CT molecular complexity index is 505. The van der Waals surface area contributed by atoms with Gasteiger partial charge in [0.15, 0.2) is 18.1 Å². The van der Waals surface area contributed by atoms with E-state index in [4.69, 9.17) is 5.73 Å². The van der Waals surface area contributed by atoms with Crippen molar-refractivity contribution in [3.63, 3.8) is 0 Å². The van der Waals surface area contributed by atoms with Gasteiger partial charge in [0, 0.05) is 18.9 Å². The number of urea groups is 1. The number of anilines is 1. The number of nitrogen functional groups attached to an aromatic ring is 1. The number of rotatable bonds is 5. The van der Waals surface area contributed by atoms with E-state index in [1.807, 2.05) is 12.2 Å². The maximum atomic E-state index is 11.5. The molecule has 1 aromatic rings. The Morgan fingerprint density at radius 1 is 1.30 bits per heavy atom. The van der Waals surface area contributed by atoms with Gasteiger partial charge in [0.25, 0.3) is 5.91 Å². The van der Waals surface area contributed by atoms with Crippen LogP contribution >= 0.6 is 0 Å². The van der Waals surface area contributed by atoms with Crippen LogP contribution in [-0.2, 0) is 9.53 Å². The largest absolute Gasteiger partial charge is 0.451 e. The van der Waals surface area contributed by atoms with Crippen molar-refractivity contribution in [1.29, 1.82) is 0 Å². The van der Waals surface area contributed by atoms with Crippen LogP contribution in [0.3, 0.4) is 0 Å². The van der Waals surface area contributed by atoms with Crippen molar-refractivity contribution in [3.8, 4) is 0 Å². The van der Waals surface area contributed by atoms with Crippen molar-refractivity contribution in [2.45, 2.75) is 13.3 Å². The average molecular weight is 281 g/mol. The van der Waals surface area contributed by atoms with Crippen molar-refractivity contribution in [3.05, 3.63) is 18.1 Å². The summed E-state index contributed by atoms with van der Waals surface area (Å²) in [7, 11) is 0. The van der Waals surface area contributed by atoms with Crippen LogP contribution in [0.15, 0.2) is 12.4 Å². The van der Waals surface area contributed by atoms with E-state index in [0.717, 1.165) is 6.42 Å². The van der Waals surface area contributed by atoms with E-state index in [1.54, 1.807) is 0 Å². The topological polar surface area (TPSA) is 136 Å². The lowest BCUT2D eigenvalue weighted by atomic mass is 10.4. The van der Waals surface area contributed by atoms with E-state index in [0.29, 0.717) is 6.54 Å². The smallest absolute Gasteiger partial charge is 0.361 e. The predicted octanol–water partition coefficient (Wildman–Crippen LogP) is -0.549. The van der Waals surface area contributed by atoms with Crippen molar-refractivity contribution >= 4 is 23.7 Å². The fourth-order valence-corrected chi connectivity index (χ4v) is 1.15. The summed E-state index contributed by atoms with van der Waals surface area (Å²) in [6.45, 7) is 1.69. The fraction of sp³-hybridized carbons (Fsp3) is 0.364. The molecule has 0 saturated carbocycles. The van der Waals surface area contributed by atoms with E-state index in [9.17, 15) is 14.4 Å². The SMILES string of the molecule is CCCNC(=O)NC(=O)COC(=O)c1nccnc1N. The molecule has 0 aliphatic rings. The molecule has 20 heavy (non-hydrogen) atoms. The van der Waals surface area contributed by atoms with Crippen molar-refractivity contribution < 1.29 is 19.1 Å². The molecule has 0 aliphatic heterocycles. The third kappa shape index (κ3) is 4.88. The Hall–Kier alpha value is -2.71. The first-order valence-electron chi connectivity index (χ1n) is 5.86. The highest BCUT2D eigenvalue weighted by atomic mass is 16.5. The molecule has 1 rings (SSSR count). The van der Waals surface area contributed by atoms with E-state index >= 15 is 0 Å². The molecule has 0 fully saturated rings. The van der Waals surface area contributed by atoms with Crippen LogP contribution in [0.5, 0.6) is 0 Å². The summed E-state index contributed by atoms with van der Waals surface area (Å²) in [5.74, 6) is -1.74. The van der Waals surface area contributed by atoms with Crippen LogP contribution in [0, 0.1) is 0 Å². The van der Waals surface area contributed by atoms with Crippen molar-refractivity contribution in [2.24, 2.45) is 0 Å². The van der Waals surface area contributed by atoms with Crippen LogP contribution in [0.4, 0.5) is 10.6 Å². The second-order valence-corrected chi connectivity index (χ2v) is 3.67. The Labute approximate surface area is 114 Å². The van der Waals surface area contributed by atoms with E-state index < -0.39 is 24.5 Å². The number of aromatic nitrogens is 2. The molecule has 4 N–H and O–H groups in total. The third-order valence-electron chi connectivity index (χ3n) is 2.04. The molecule has 0 aliphatic carbocycles. The lowest BCUT2D eigenvalue weighted by molar-refractivity contribution is -0.123. The van der Waals surface area contributed by atoms with E-state index in [1.165, 1.54) is 12.4 Å². The van der Waals surface area contributed by atoms with Crippen LogP contribution in [0.2, 0.25) is 0 Å². The number of carbonyl (C=O) groups excluding carboxylic acids is 3. The van der Waals surface area contributed by atoms with Gasteiger partial charge in [-0.2, -0.15) is 0 Å². The Balaban J connectivity index is 2.40. The number of ether oxygens (including phenoxy) is 1. The first-order valence-corrected chi connectivity index (χ1v) is 5.86. The van der Waals surface area contributed by atoms with E-state index in [-0.39, 0.29) is 11.5 Å². The predicted molar refractivity (Wildman–Crippen MR) is 68.6 cm³/mol. The van der Waals surface area contributed by atoms with Crippen molar-refractivity contribution in [2.75, 3.05) is 18.9 Å². The van der Waals surface area contributed by atoms with Gasteiger partial charge in [-0.05, 0) is 6.42 Å². The summed E-state index contributed by atoms with van der Waals surface area (Å²) in [5, 5.41) is 4.44. The minimum Gasteiger partial charge on any atom is -0.451 e. The first kappa shape index (κ1) is 15.3. The first-order chi connectivity index (χ1) is 9.54. The number of imide groups is 1. The molecule has 3 amide bonds. The summed E-state index contributed by atoms with van der Waals surface area (Å²) in [5.41, 5.74) is 5.24. The van der Waals surface area contributed by atoms with Gasteiger partial charge in [-0.25, -0.2) is 19.6 Å². The highest BCUT2D eigenvalue weighted by Crippen LogP contribution is 2.04. The standard InChI is InChI=1S/C11H15N5O4/c1-2-3-15-11(19)16-7(17)6-20-10(18)8-9(12)14-5-4-13-8/h4-5H,2-3,6H2,1H3,(H2,12,14)(H2,15,16,17,19). The maximum Gasteiger partial charge on any atom is 0.361 e. The average Bonchev–Trinajstić information content (AvgIpc) is 2.43. The second-order valence-electron chi connectivity index (χ2n) is 3.67. The molecular weight excluding hydrogens is 266 g/mol. The molecule has 9 nitrogen and oxygen atoms in total. The molecule has 1 heterocycles. The van der Waals surface area contributed by atoms with Gasteiger partial charge in [0.05, 0.1) is 0 Å².